The van der Waals surface area contributed by atoms with Crippen molar-refractivity contribution in [3.05, 3.63) is 0 Å². The van der Waals surface area contributed by atoms with Crippen LogP contribution in [0.4, 0.5) is 0 Å². The minimum Gasteiger partial charge on any atom is -0.381 e. The fourth-order valence-corrected chi connectivity index (χ4v) is 2.73. The minimum atomic E-state index is 0.560. The zero-order chi connectivity index (χ0) is 7.84. The largest absolute Gasteiger partial charge is 0.381 e. The van der Waals surface area contributed by atoms with E-state index >= 15 is 0 Å². The van der Waals surface area contributed by atoms with Crippen LogP contribution < -0.4 is 0 Å². The average molecular weight is 155 g/mol. The summed E-state index contributed by atoms with van der Waals surface area (Å²) >= 11 is 0. The molecule has 64 valence electrons. The number of hydrogen-bond donors (Lipinski definition) is 0. The van der Waals surface area contributed by atoms with Crippen LogP contribution >= 0.6 is 0 Å². The van der Waals surface area contributed by atoms with Crippen molar-refractivity contribution >= 4 is 0 Å². The highest BCUT2D eigenvalue weighted by atomic mass is 16.5. The number of hydrogen-bond acceptors (Lipinski definition) is 2. The van der Waals surface area contributed by atoms with E-state index in [4.69, 9.17) is 4.74 Å². The van der Waals surface area contributed by atoms with Gasteiger partial charge in [0.05, 0.1) is 6.10 Å². The van der Waals surface area contributed by atoms with Gasteiger partial charge in [-0.25, -0.2) is 0 Å². The highest BCUT2D eigenvalue weighted by Crippen LogP contribution is 2.38. The monoisotopic (exact) mass is 155 g/mol. The molecule has 0 aromatic rings. The Bertz CT molecular complexity index is 146. The Kier molecular flexibility index (Phi) is 1.90. The van der Waals surface area contributed by atoms with Crippen molar-refractivity contribution in [1.82, 2.24) is 4.90 Å². The second-order valence-corrected chi connectivity index (χ2v) is 4.00. The molecule has 2 nitrogen and oxygen atoms in total. The van der Waals surface area contributed by atoms with Gasteiger partial charge in [-0.05, 0) is 25.8 Å². The Labute approximate surface area is 68.5 Å². The summed E-state index contributed by atoms with van der Waals surface area (Å²) in [7, 11) is 4.07. The first-order chi connectivity index (χ1) is 5.31. The molecule has 0 bridgehead atoms. The molecule has 2 aliphatic rings. The van der Waals surface area contributed by atoms with E-state index in [0.717, 1.165) is 11.8 Å². The third-order valence-electron chi connectivity index (χ3n) is 3.28. The fraction of sp³-hybridized carbons (Fsp3) is 1.00. The quantitative estimate of drug-likeness (QED) is 0.559. The summed E-state index contributed by atoms with van der Waals surface area (Å²) in [5, 5.41) is 0. The number of methoxy groups -OCH3 is 1. The van der Waals surface area contributed by atoms with Crippen molar-refractivity contribution in [2.75, 3.05) is 27.2 Å². The lowest BCUT2D eigenvalue weighted by Crippen LogP contribution is -2.23. The standard InChI is InChI=1S/C9H17NO/c1-10-5-7-3-4-9(11-2)8(7)6-10/h7-9H,3-6H2,1-2H3/t7?,8?,9-/m1/s1. The molecule has 0 aromatic carbocycles. The molecule has 2 heteroatoms. The number of ether oxygens (including phenoxy) is 1. The molecule has 1 aliphatic carbocycles. The van der Waals surface area contributed by atoms with E-state index in [1.54, 1.807) is 0 Å². The molecule has 1 saturated carbocycles. The van der Waals surface area contributed by atoms with Gasteiger partial charge in [0.25, 0.3) is 0 Å². The summed E-state index contributed by atoms with van der Waals surface area (Å²) in [5.41, 5.74) is 0. The van der Waals surface area contributed by atoms with Gasteiger partial charge in [-0.3, -0.25) is 0 Å². The van der Waals surface area contributed by atoms with Crippen molar-refractivity contribution in [2.45, 2.75) is 18.9 Å². The first-order valence-electron chi connectivity index (χ1n) is 4.52. The van der Waals surface area contributed by atoms with Gasteiger partial charge in [0, 0.05) is 26.1 Å². The molecule has 0 spiro atoms. The van der Waals surface area contributed by atoms with Crippen LogP contribution in [0.2, 0.25) is 0 Å². The predicted molar refractivity (Wildman–Crippen MR) is 44.5 cm³/mol. The SMILES string of the molecule is CO[C@@H]1CCC2CN(C)CC21. The van der Waals surface area contributed by atoms with Gasteiger partial charge in [0.15, 0.2) is 0 Å². The van der Waals surface area contributed by atoms with Gasteiger partial charge in [-0.1, -0.05) is 0 Å². The van der Waals surface area contributed by atoms with Crippen LogP contribution in [0.5, 0.6) is 0 Å². The van der Waals surface area contributed by atoms with E-state index in [9.17, 15) is 0 Å². The van der Waals surface area contributed by atoms with Crippen molar-refractivity contribution < 1.29 is 4.74 Å². The van der Waals surface area contributed by atoms with Crippen LogP contribution in [0.25, 0.3) is 0 Å². The second kappa shape index (κ2) is 2.76. The maximum atomic E-state index is 5.45. The van der Waals surface area contributed by atoms with Crippen LogP contribution in [-0.2, 0) is 4.74 Å². The third-order valence-corrected chi connectivity index (χ3v) is 3.28. The molecule has 1 saturated heterocycles. The van der Waals surface area contributed by atoms with Crippen LogP contribution in [0.15, 0.2) is 0 Å². The molecule has 11 heavy (non-hydrogen) atoms. The summed E-state index contributed by atoms with van der Waals surface area (Å²) in [6.45, 7) is 2.55. The van der Waals surface area contributed by atoms with Crippen molar-refractivity contribution in [2.24, 2.45) is 11.8 Å². The van der Waals surface area contributed by atoms with Crippen LogP contribution in [-0.4, -0.2) is 38.3 Å². The molecule has 3 atom stereocenters. The Morgan fingerprint density at radius 3 is 2.82 bits per heavy atom. The van der Waals surface area contributed by atoms with E-state index in [1.165, 1.54) is 25.9 Å². The summed E-state index contributed by atoms with van der Waals surface area (Å²) in [5.74, 6) is 1.77. The molecule has 0 aromatic heterocycles. The maximum Gasteiger partial charge on any atom is 0.0615 e. The Balaban J connectivity index is 2.01. The molecule has 0 amide bonds. The number of nitrogens with zero attached hydrogens (tertiary/aromatic N) is 1. The van der Waals surface area contributed by atoms with E-state index in [1.807, 2.05) is 7.11 Å². The van der Waals surface area contributed by atoms with Crippen LogP contribution in [0.3, 0.4) is 0 Å². The first kappa shape index (κ1) is 7.56. The van der Waals surface area contributed by atoms with Crippen molar-refractivity contribution in [1.29, 1.82) is 0 Å². The average Bonchev–Trinajstić information content (AvgIpc) is 2.45. The lowest BCUT2D eigenvalue weighted by atomic mass is 9.99. The lowest BCUT2D eigenvalue weighted by molar-refractivity contribution is 0.0677. The topological polar surface area (TPSA) is 12.5 Å². The number of fused-ring (bicyclic) bond motifs is 1. The van der Waals surface area contributed by atoms with Crippen LogP contribution in [0, 0.1) is 11.8 Å². The molecule has 1 heterocycles. The van der Waals surface area contributed by atoms with Crippen LogP contribution in [0.1, 0.15) is 12.8 Å². The molecule has 1 aliphatic heterocycles. The Morgan fingerprint density at radius 2 is 2.09 bits per heavy atom. The summed E-state index contributed by atoms with van der Waals surface area (Å²) < 4.78 is 5.45. The summed E-state index contributed by atoms with van der Waals surface area (Å²) in [6.07, 6.45) is 3.23. The molecule has 0 N–H and O–H groups in total. The predicted octanol–water partition coefficient (Wildman–Crippen LogP) is 0.973. The first-order valence-corrected chi connectivity index (χ1v) is 4.52. The molecular formula is C9H17NO. The van der Waals surface area contributed by atoms with Gasteiger partial charge in [-0.15, -0.1) is 0 Å². The summed E-state index contributed by atoms with van der Waals surface area (Å²) in [4.78, 5) is 2.43. The number of likely N-dealkylation sites (tertiary alicyclic amines) is 1. The zero-order valence-electron chi connectivity index (χ0n) is 7.42. The van der Waals surface area contributed by atoms with Crippen molar-refractivity contribution in [3.8, 4) is 0 Å². The van der Waals surface area contributed by atoms with Crippen molar-refractivity contribution in [3.63, 3.8) is 0 Å². The zero-order valence-corrected chi connectivity index (χ0v) is 7.42. The number of rotatable bonds is 1. The van der Waals surface area contributed by atoms with E-state index in [-0.39, 0.29) is 0 Å². The Morgan fingerprint density at radius 1 is 1.27 bits per heavy atom. The summed E-state index contributed by atoms with van der Waals surface area (Å²) in [6, 6.07) is 0. The molecular weight excluding hydrogens is 138 g/mol. The normalized spacial score (nSPS) is 44.7. The molecule has 2 fully saturated rings. The van der Waals surface area contributed by atoms with E-state index in [0.29, 0.717) is 6.10 Å². The van der Waals surface area contributed by atoms with Gasteiger partial charge < -0.3 is 9.64 Å². The third kappa shape index (κ3) is 1.18. The van der Waals surface area contributed by atoms with E-state index < -0.39 is 0 Å². The maximum absolute atomic E-state index is 5.45. The molecule has 2 unspecified atom stereocenters. The van der Waals surface area contributed by atoms with Gasteiger partial charge >= 0.3 is 0 Å². The highest BCUT2D eigenvalue weighted by Gasteiger charge is 2.41. The second-order valence-electron chi connectivity index (χ2n) is 4.00. The molecule has 2 rings (SSSR count). The van der Waals surface area contributed by atoms with Gasteiger partial charge in [-0.2, -0.15) is 0 Å². The minimum absolute atomic E-state index is 0.560. The fourth-order valence-electron chi connectivity index (χ4n) is 2.73. The highest BCUT2D eigenvalue weighted by molar-refractivity contribution is 4.93. The smallest absolute Gasteiger partial charge is 0.0615 e. The van der Waals surface area contributed by atoms with Gasteiger partial charge in [0.1, 0.15) is 0 Å². The molecule has 0 radical (unpaired) electrons. The van der Waals surface area contributed by atoms with Gasteiger partial charge in [0.2, 0.25) is 0 Å². The lowest BCUT2D eigenvalue weighted by Gasteiger charge is -2.16. The Hall–Kier alpha value is -0.0800. The van der Waals surface area contributed by atoms with E-state index in [2.05, 4.69) is 11.9 Å².